The summed E-state index contributed by atoms with van der Waals surface area (Å²) in [5.74, 6) is -0.239. The zero-order valence-electron chi connectivity index (χ0n) is 26.8. The Morgan fingerprint density at radius 2 is 1.77 bits per heavy atom. The van der Waals surface area contributed by atoms with Crippen molar-refractivity contribution in [3.05, 3.63) is 106 Å². The van der Waals surface area contributed by atoms with Gasteiger partial charge in [-0.25, -0.2) is 0 Å². The third kappa shape index (κ3) is 6.56. The van der Waals surface area contributed by atoms with Crippen LogP contribution in [0.4, 0.5) is 24.5 Å². The van der Waals surface area contributed by atoms with Gasteiger partial charge in [-0.2, -0.15) is 13.2 Å². The quantitative estimate of drug-likeness (QED) is 0.186. The van der Waals surface area contributed by atoms with Gasteiger partial charge in [0, 0.05) is 59.5 Å². The van der Waals surface area contributed by atoms with E-state index in [1.807, 2.05) is 32.8 Å². The molecule has 3 aromatic carbocycles. The highest BCUT2D eigenvalue weighted by Gasteiger charge is 2.32. The molecule has 1 fully saturated rings. The lowest BCUT2D eigenvalue weighted by Gasteiger charge is -2.20. The van der Waals surface area contributed by atoms with Crippen molar-refractivity contribution in [3.8, 4) is 11.5 Å². The molecule has 12 heteroatoms. The summed E-state index contributed by atoms with van der Waals surface area (Å²) >= 11 is 0. The number of carbonyl (C=O) groups is 3. The van der Waals surface area contributed by atoms with E-state index in [0.29, 0.717) is 64.4 Å². The molecule has 3 N–H and O–H groups in total. The minimum Gasteiger partial charge on any atom is -0.457 e. The minimum atomic E-state index is -4.57. The van der Waals surface area contributed by atoms with E-state index in [4.69, 9.17) is 4.74 Å². The van der Waals surface area contributed by atoms with Gasteiger partial charge in [-0.1, -0.05) is 12.1 Å². The molecule has 0 saturated carbocycles. The molecule has 3 amide bonds. The molecule has 6 rings (SSSR count). The standard InChI is InChI=1S/C36H34F3N5O4/c1-20-30(40-21(2)32(20)35(47)44-14-13-25(19-44)43(3)4)18-29-28-12-11-27(17-31(28)42-34(29)46)48-26-10-6-9-24(16-26)41-33(45)22-7-5-8-23(15-22)36(37,38)39/h5-12,15-18,25,40H,13-14,19H2,1-4H3,(H,41,45)(H,42,46)/b29-18-. The van der Waals surface area contributed by atoms with E-state index in [1.165, 1.54) is 12.1 Å². The van der Waals surface area contributed by atoms with E-state index in [1.54, 1.807) is 48.5 Å². The Hall–Kier alpha value is -5.36. The van der Waals surface area contributed by atoms with Crippen LogP contribution in [-0.4, -0.2) is 65.7 Å². The van der Waals surface area contributed by atoms with Gasteiger partial charge in [-0.15, -0.1) is 0 Å². The van der Waals surface area contributed by atoms with Gasteiger partial charge in [0.25, 0.3) is 17.7 Å². The smallest absolute Gasteiger partial charge is 0.416 e. The molecule has 0 radical (unpaired) electrons. The van der Waals surface area contributed by atoms with Crippen LogP contribution in [0.3, 0.4) is 0 Å². The molecule has 248 valence electrons. The van der Waals surface area contributed by atoms with Gasteiger partial charge in [0.15, 0.2) is 0 Å². The molecule has 3 heterocycles. The average molecular weight is 658 g/mol. The molecule has 1 atom stereocenters. The monoisotopic (exact) mass is 657 g/mol. The van der Waals surface area contributed by atoms with E-state index in [-0.39, 0.29) is 17.4 Å². The Balaban J connectivity index is 1.17. The van der Waals surface area contributed by atoms with E-state index in [0.717, 1.165) is 29.8 Å². The number of benzene rings is 3. The topological polar surface area (TPSA) is 107 Å². The predicted octanol–water partition coefficient (Wildman–Crippen LogP) is 6.96. The summed E-state index contributed by atoms with van der Waals surface area (Å²) in [7, 11) is 4.04. The van der Waals surface area contributed by atoms with Crippen molar-refractivity contribution in [2.45, 2.75) is 32.5 Å². The molecular formula is C36H34F3N5O4. The Kier molecular flexibility index (Phi) is 8.61. The number of likely N-dealkylation sites (N-methyl/N-ethyl adjacent to an activating group) is 1. The molecule has 1 saturated heterocycles. The number of halogens is 3. The normalized spacial score (nSPS) is 16.8. The van der Waals surface area contributed by atoms with E-state index in [9.17, 15) is 27.6 Å². The zero-order chi connectivity index (χ0) is 34.3. The first-order valence-electron chi connectivity index (χ1n) is 15.4. The molecule has 1 unspecified atom stereocenters. The second-order valence-corrected chi connectivity index (χ2v) is 12.2. The Morgan fingerprint density at radius 3 is 2.50 bits per heavy atom. The number of amides is 3. The number of nitrogens with zero attached hydrogens (tertiary/aromatic N) is 2. The van der Waals surface area contributed by atoms with Crippen LogP contribution in [0.1, 0.15) is 55.2 Å². The maximum Gasteiger partial charge on any atom is 0.416 e. The molecule has 0 aliphatic carbocycles. The molecule has 9 nitrogen and oxygen atoms in total. The summed E-state index contributed by atoms with van der Waals surface area (Å²) in [6.45, 7) is 5.11. The van der Waals surface area contributed by atoms with Crippen molar-refractivity contribution in [2.75, 3.05) is 37.8 Å². The van der Waals surface area contributed by atoms with E-state index >= 15 is 0 Å². The number of fused-ring (bicyclic) bond motifs is 1. The van der Waals surface area contributed by atoms with Crippen LogP contribution < -0.4 is 15.4 Å². The molecule has 1 aromatic heterocycles. The first-order chi connectivity index (χ1) is 22.8. The summed E-state index contributed by atoms with van der Waals surface area (Å²) < 4.78 is 45.3. The summed E-state index contributed by atoms with van der Waals surface area (Å²) in [6, 6.07) is 16.1. The van der Waals surface area contributed by atoms with Gasteiger partial charge in [0.1, 0.15) is 11.5 Å². The van der Waals surface area contributed by atoms with Gasteiger partial charge in [0.05, 0.1) is 22.4 Å². The molecule has 2 aliphatic heterocycles. The first-order valence-corrected chi connectivity index (χ1v) is 15.4. The molecule has 0 bridgehead atoms. The lowest BCUT2D eigenvalue weighted by molar-refractivity contribution is -0.137. The second kappa shape index (κ2) is 12.7. The largest absolute Gasteiger partial charge is 0.457 e. The van der Waals surface area contributed by atoms with Crippen molar-refractivity contribution in [1.29, 1.82) is 0 Å². The Labute approximate surface area is 275 Å². The lowest BCUT2D eigenvalue weighted by Crippen LogP contribution is -2.34. The number of hydrogen-bond acceptors (Lipinski definition) is 5. The number of aromatic amines is 1. The van der Waals surface area contributed by atoms with Crippen LogP contribution in [0.15, 0.2) is 66.7 Å². The highest BCUT2D eigenvalue weighted by atomic mass is 19.4. The molecule has 4 aromatic rings. The number of likely N-dealkylation sites (tertiary alicyclic amines) is 1. The van der Waals surface area contributed by atoms with Crippen LogP contribution in [0, 0.1) is 13.8 Å². The average Bonchev–Trinajstić information content (AvgIpc) is 3.73. The number of H-pyrrole nitrogens is 1. The molecule has 2 aliphatic rings. The van der Waals surface area contributed by atoms with E-state index in [2.05, 4.69) is 20.5 Å². The van der Waals surface area contributed by atoms with Crippen LogP contribution in [-0.2, 0) is 11.0 Å². The van der Waals surface area contributed by atoms with Crippen molar-refractivity contribution in [1.82, 2.24) is 14.8 Å². The Bertz CT molecular complexity index is 1960. The van der Waals surface area contributed by atoms with Crippen LogP contribution in [0.5, 0.6) is 11.5 Å². The summed E-state index contributed by atoms with van der Waals surface area (Å²) in [4.78, 5) is 46.5. The molecular weight excluding hydrogens is 623 g/mol. The third-order valence-electron chi connectivity index (χ3n) is 8.71. The number of aromatic nitrogens is 1. The number of carbonyl (C=O) groups excluding carboxylic acids is 3. The van der Waals surface area contributed by atoms with E-state index < -0.39 is 17.6 Å². The third-order valence-corrected chi connectivity index (χ3v) is 8.71. The second-order valence-electron chi connectivity index (χ2n) is 12.2. The van der Waals surface area contributed by atoms with Gasteiger partial charge in [-0.05, 0) is 88.5 Å². The highest BCUT2D eigenvalue weighted by molar-refractivity contribution is 6.35. The SMILES string of the molecule is Cc1[nH]c(/C=C2\C(=O)Nc3cc(Oc4cccc(NC(=O)c5cccc(C(F)(F)F)c5)c4)ccc32)c(C)c1C(=O)N1CCC(N(C)C)C1. The fraction of sp³-hybridized carbons (Fsp3) is 0.250. The van der Waals surface area contributed by atoms with Crippen molar-refractivity contribution in [3.63, 3.8) is 0 Å². The number of anilines is 2. The Morgan fingerprint density at radius 1 is 1.02 bits per heavy atom. The number of aryl methyl sites for hydroxylation is 1. The first kappa shape index (κ1) is 32.6. The molecule has 0 spiro atoms. The fourth-order valence-corrected chi connectivity index (χ4v) is 6.08. The highest BCUT2D eigenvalue weighted by Crippen LogP contribution is 2.38. The minimum absolute atomic E-state index is 0.0207. The lowest BCUT2D eigenvalue weighted by atomic mass is 10.0. The van der Waals surface area contributed by atoms with Crippen molar-refractivity contribution < 1.29 is 32.3 Å². The van der Waals surface area contributed by atoms with Crippen molar-refractivity contribution in [2.24, 2.45) is 0 Å². The van der Waals surface area contributed by atoms with Gasteiger partial charge >= 0.3 is 6.18 Å². The number of rotatable bonds is 7. The number of hydrogen-bond donors (Lipinski definition) is 3. The fourth-order valence-electron chi connectivity index (χ4n) is 6.08. The van der Waals surface area contributed by atoms with Gasteiger partial charge in [0.2, 0.25) is 0 Å². The summed E-state index contributed by atoms with van der Waals surface area (Å²) in [5.41, 5.74) is 3.75. The van der Waals surface area contributed by atoms with Gasteiger partial charge in [-0.3, -0.25) is 14.4 Å². The maximum absolute atomic E-state index is 13.5. The zero-order valence-corrected chi connectivity index (χ0v) is 26.8. The number of alkyl halides is 3. The van der Waals surface area contributed by atoms with Crippen molar-refractivity contribution >= 4 is 40.7 Å². The maximum atomic E-state index is 13.5. The number of ether oxygens (including phenoxy) is 1. The van der Waals surface area contributed by atoms with Gasteiger partial charge < -0.3 is 30.2 Å². The number of nitrogens with one attached hydrogen (secondary N) is 3. The van der Waals surface area contributed by atoms with Crippen LogP contribution in [0.2, 0.25) is 0 Å². The summed E-state index contributed by atoms with van der Waals surface area (Å²) in [5, 5.41) is 5.47. The molecule has 48 heavy (non-hydrogen) atoms. The van der Waals surface area contributed by atoms with Crippen LogP contribution in [0.25, 0.3) is 11.6 Å². The van der Waals surface area contributed by atoms with Crippen LogP contribution >= 0.6 is 0 Å². The summed E-state index contributed by atoms with van der Waals surface area (Å²) in [6.07, 6.45) is -1.89. The predicted molar refractivity (Wildman–Crippen MR) is 177 cm³/mol.